The van der Waals surface area contributed by atoms with E-state index in [0.29, 0.717) is 19.1 Å². The van der Waals surface area contributed by atoms with Gasteiger partial charge in [-0.1, -0.05) is 12.1 Å². The van der Waals surface area contributed by atoms with Crippen LogP contribution in [0.4, 0.5) is 4.39 Å². The Morgan fingerprint density at radius 2 is 2.35 bits per heavy atom. The lowest BCUT2D eigenvalue weighted by Gasteiger charge is -2.33. The lowest BCUT2D eigenvalue weighted by atomic mass is 10.1. The highest BCUT2D eigenvalue weighted by Gasteiger charge is 2.19. The van der Waals surface area contributed by atoms with Crippen molar-refractivity contribution in [3.8, 4) is 0 Å². The van der Waals surface area contributed by atoms with Crippen molar-refractivity contribution in [2.45, 2.75) is 26.1 Å². The van der Waals surface area contributed by atoms with Crippen LogP contribution >= 0.6 is 0 Å². The van der Waals surface area contributed by atoms with Gasteiger partial charge in [-0.15, -0.1) is 0 Å². The van der Waals surface area contributed by atoms with Crippen LogP contribution < -0.4 is 5.73 Å². The molecule has 1 fully saturated rings. The summed E-state index contributed by atoms with van der Waals surface area (Å²) in [6.07, 6.45) is 0. The molecule has 1 aromatic carbocycles. The number of rotatable bonds is 3. The lowest BCUT2D eigenvalue weighted by molar-refractivity contribution is -0.00480. The van der Waals surface area contributed by atoms with Gasteiger partial charge in [0.15, 0.2) is 0 Å². The number of hydrogen-bond acceptors (Lipinski definition) is 3. The van der Waals surface area contributed by atoms with Crippen LogP contribution in [0.25, 0.3) is 0 Å². The number of ether oxygens (including phenoxy) is 1. The maximum absolute atomic E-state index is 13.7. The molecule has 0 bridgehead atoms. The molecule has 0 aromatic heterocycles. The molecular formula is C13H19FN2O. The van der Waals surface area contributed by atoms with Crippen LogP contribution in [-0.4, -0.2) is 30.7 Å². The summed E-state index contributed by atoms with van der Waals surface area (Å²) < 4.78 is 19.1. The van der Waals surface area contributed by atoms with Crippen LogP contribution in [0.2, 0.25) is 0 Å². The van der Waals surface area contributed by atoms with Crippen molar-refractivity contribution in [2.24, 2.45) is 5.73 Å². The summed E-state index contributed by atoms with van der Waals surface area (Å²) in [5.74, 6) is -0.152. The first-order valence-corrected chi connectivity index (χ1v) is 6.00. The summed E-state index contributed by atoms with van der Waals surface area (Å²) in [6.45, 7) is 5.48. The Kier molecular flexibility index (Phi) is 4.10. The van der Waals surface area contributed by atoms with E-state index in [4.69, 9.17) is 10.5 Å². The van der Waals surface area contributed by atoms with Crippen molar-refractivity contribution in [3.63, 3.8) is 0 Å². The van der Waals surface area contributed by atoms with Crippen molar-refractivity contribution in [3.05, 3.63) is 35.1 Å². The molecule has 17 heavy (non-hydrogen) atoms. The second-order valence-electron chi connectivity index (χ2n) is 4.52. The van der Waals surface area contributed by atoms with Gasteiger partial charge in [-0.25, -0.2) is 4.39 Å². The molecule has 0 radical (unpaired) electrons. The Labute approximate surface area is 101 Å². The summed E-state index contributed by atoms with van der Waals surface area (Å²) in [7, 11) is 0. The standard InChI is InChI=1S/C13H19FN2O/c1-10-9-17-5-4-16(10)8-12-6-11(7-15)2-3-13(12)14/h2-3,6,10H,4-5,7-9,15H2,1H3. The predicted molar refractivity (Wildman–Crippen MR) is 65.0 cm³/mol. The Morgan fingerprint density at radius 3 is 3.06 bits per heavy atom. The zero-order valence-electron chi connectivity index (χ0n) is 10.2. The third kappa shape index (κ3) is 3.03. The predicted octanol–water partition coefficient (Wildman–Crippen LogP) is 1.51. The fraction of sp³-hybridized carbons (Fsp3) is 0.538. The molecule has 1 unspecified atom stereocenters. The van der Waals surface area contributed by atoms with Crippen LogP contribution in [0.3, 0.4) is 0 Å². The third-order valence-corrected chi connectivity index (χ3v) is 3.22. The fourth-order valence-electron chi connectivity index (χ4n) is 2.09. The van der Waals surface area contributed by atoms with Crippen LogP contribution in [0.5, 0.6) is 0 Å². The second kappa shape index (κ2) is 5.58. The molecule has 1 aliphatic heterocycles. The van der Waals surface area contributed by atoms with Crippen molar-refractivity contribution < 1.29 is 9.13 Å². The van der Waals surface area contributed by atoms with E-state index in [0.717, 1.165) is 30.9 Å². The van der Waals surface area contributed by atoms with Crippen molar-refractivity contribution >= 4 is 0 Å². The average molecular weight is 238 g/mol. The van der Waals surface area contributed by atoms with Gasteiger partial charge >= 0.3 is 0 Å². The van der Waals surface area contributed by atoms with Gasteiger partial charge in [-0.05, 0) is 18.6 Å². The number of nitrogens with two attached hydrogens (primary N) is 1. The summed E-state index contributed by atoms with van der Waals surface area (Å²) in [4.78, 5) is 2.24. The molecule has 0 saturated carbocycles. The zero-order chi connectivity index (χ0) is 12.3. The maximum atomic E-state index is 13.7. The van der Waals surface area contributed by atoms with Gasteiger partial charge < -0.3 is 10.5 Å². The van der Waals surface area contributed by atoms with Crippen LogP contribution in [0.1, 0.15) is 18.1 Å². The first-order valence-electron chi connectivity index (χ1n) is 6.00. The number of morpholine rings is 1. The minimum absolute atomic E-state index is 0.152. The molecule has 0 amide bonds. The van der Waals surface area contributed by atoms with E-state index in [2.05, 4.69) is 11.8 Å². The van der Waals surface area contributed by atoms with Crippen LogP contribution in [0.15, 0.2) is 18.2 Å². The number of hydrogen-bond donors (Lipinski definition) is 1. The molecule has 1 saturated heterocycles. The van der Waals surface area contributed by atoms with Gasteiger partial charge in [0.05, 0.1) is 13.2 Å². The van der Waals surface area contributed by atoms with Crippen LogP contribution in [0, 0.1) is 5.82 Å². The molecule has 94 valence electrons. The number of halogens is 1. The summed E-state index contributed by atoms with van der Waals surface area (Å²) >= 11 is 0. The number of benzene rings is 1. The minimum Gasteiger partial charge on any atom is -0.379 e. The molecule has 1 heterocycles. The van der Waals surface area contributed by atoms with Crippen molar-refractivity contribution in [1.82, 2.24) is 4.90 Å². The fourth-order valence-corrected chi connectivity index (χ4v) is 2.09. The van der Waals surface area contributed by atoms with E-state index < -0.39 is 0 Å². The van der Waals surface area contributed by atoms with Gasteiger partial charge in [0.25, 0.3) is 0 Å². The minimum atomic E-state index is -0.152. The first kappa shape index (κ1) is 12.5. The Balaban J connectivity index is 2.11. The van der Waals surface area contributed by atoms with Gasteiger partial charge in [-0.2, -0.15) is 0 Å². The van der Waals surface area contributed by atoms with E-state index in [9.17, 15) is 4.39 Å². The van der Waals surface area contributed by atoms with Gasteiger partial charge in [0.2, 0.25) is 0 Å². The molecular weight excluding hydrogens is 219 g/mol. The molecule has 0 aliphatic carbocycles. The van der Waals surface area contributed by atoms with Gasteiger partial charge in [-0.3, -0.25) is 4.90 Å². The SMILES string of the molecule is CC1COCCN1Cc1cc(CN)ccc1F. The van der Waals surface area contributed by atoms with Crippen molar-refractivity contribution in [2.75, 3.05) is 19.8 Å². The smallest absolute Gasteiger partial charge is 0.127 e. The van der Waals surface area contributed by atoms with E-state index in [1.807, 2.05) is 6.07 Å². The van der Waals surface area contributed by atoms with Crippen molar-refractivity contribution in [1.29, 1.82) is 0 Å². The Bertz CT molecular complexity index is 384. The zero-order valence-corrected chi connectivity index (χ0v) is 10.2. The molecule has 2 rings (SSSR count). The topological polar surface area (TPSA) is 38.5 Å². The monoisotopic (exact) mass is 238 g/mol. The van der Waals surface area contributed by atoms with Crippen LogP contribution in [-0.2, 0) is 17.8 Å². The largest absolute Gasteiger partial charge is 0.379 e. The van der Waals surface area contributed by atoms with Gasteiger partial charge in [0, 0.05) is 31.2 Å². The molecule has 4 heteroatoms. The first-order chi connectivity index (χ1) is 8.20. The van der Waals surface area contributed by atoms with E-state index in [1.54, 1.807) is 6.07 Å². The summed E-state index contributed by atoms with van der Waals surface area (Å²) in [5.41, 5.74) is 7.27. The quantitative estimate of drug-likeness (QED) is 0.867. The van der Waals surface area contributed by atoms with E-state index >= 15 is 0 Å². The highest BCUT2D eigenvalue weighted by Crippen LogP contribution is 2.16. The molecule has 0 spiro atoms. The maximum Gasteiger partial charge on any atom is 0.127 e. The lowest BCUT2D eigenvalue weighted by Crippen LogP contribution is -2.43. The second-order valence-corrected chi connectivity index (χ2v) is 4.52. The highest BCUT2D eigenvalue weighted by atomic mass is 19.1. The molecule has 1 aromatic rings. The Hall–Kier alpha value is -0.970. The molecule has 1 aliphatic rings. The number of nitrogens with zero attached hydrogens (tertiary/aromatic N) is 1. The summed E-state index contributed by atoms with van der Waals surface area (Å²) in [6, 6.07) is 5.44. The van der Waals surface area contributed by atoms with Gasteiger partial charge in [0.1, 0.15) is 5.82 Å². The van der Waals surface area contributed by atoms with E-state index in [1.165, 1.54) is 6.07 Å². The highest BCUT2D eigenvalue weighted by molar-refractivity contribution is 5.25. The molecule has 1 atom stereocenters. The normalized spacial score (nSPS) is 21.7. The summed E-state index contributed by atoms with van der Waals surface area (Å²) in [5, 5.41) is 0. The Morgan fingerprint density at radius 1 is 1.53 bits per heavy atom. The molecule has 3 nitrogen and oxygen atoms in total. The third-order valence-electron chi connectivity index (χ3n) is 3.22. The van der Waals surface area contributed by atoms with E-state index in [-0.39, 0.29) is 5.82 Å². The average Bonchev–Trinajstić information content (AvgIpc) is 2.35. The molecule has 2 N–H and O–H groups in total.